The van der Waals surface area contributed by atoms with Crippen LogP contribution in [0.2, 0.25) is 0 Å². The number of ether oxygens (including phenoxy) is 2. The molecule has 2 rings (SSSR count). The van der Waals surface area contributed by atoms with E-state index in [9.17, 15) is 4.79 Å². The maximum atomic E-state index is 12.0. The number of furan rings is 1. The number of nitrogens with one attached hydrogen (secondary N) is 1. The average Bonchev–Trinajstić information content (AvgIpc) is 2.96. The molecule has 20 heavy (non-hydrogen) atoms. The number of benzene rings is 1. The third-order valence-corrected chi connectivity index (χ3v) is 2.59. The van der Waals surface area contributed by atoms with Crippen LogP contribution in [0.25, 0.3) is 0 Å². The van der Waals surface area contributed by atoms with Gasteiger partial charge in [-0.1, -0.05) is 0 Å². The van der Waals surface area contributed by atoms with Crippen molar-refractivity contribution in [3.05, 3.63) is 42.4 Å². The molecule has 0 unspecified atom stereocenters. The zero-order chi connectivity index (χ0) is 14.4. The van der Waals surface area contributed by atoms with Crippen molar-refractivity contribution in [3.63, 3.8) is 0 Å². The Labute approximate surface area is 117 Å². The van der Waals surface area contributed by atoms with Gasteiger partial charge in [-0.2, -0.15) is 0 Å². The maximum absolute atomic E-state index is 12.0. The highest BCUT2D eigenvalue weighted by atomic mass is 16.5. The summed E-state index contributed by atoms with van der Waals surface area (Å²) in [6.07, 6.45) is 2.84. The molecule has 5 nitrogen and oxygen atoms in total. The van der Waals surface area contributed by atoms with Gasteiger partial charge in [0.05, 0.1) is 30.7 Å². The van der Waals surface area contributed by atoms with E-state index >= 15 is 0 Å². The second-order valence-corrected chi connectivity index (χ2v) is 3.99. The summed E-state index contributed by atoms with van der Waals surface area (Å²) in [7, 11) is 0. The third kappa shape index (κ3) is 3.32. The van der Waals surface area contributed by atoms with Crippen LogP contribution in [0.1, 0.15) is 24.2 Å². The van der Waals surface area contributed by atoms with Crippen LogP contribution in [0, 0.1) is 0 Å². The van der Waals surface area contributed by atoms with Crippen molar-refractivity contribution < 1.29 is 18.7 Å². The number of hydrogen-bond donors (Lipinski definition) is 1. The molecule has 0 aliphatic heterocycles. The Morgan fingerprint density at radius 2 is 2.00 bits per heavy atom. The minimum atomic E-state index is -0.256. The summed E-state index contributed by atoms with van der Waals surface area (Å²) in [6, 6.07) is 6.93. The average molecular weight is 275 g/mol. The van der Waals surface area contributed by atoms with Gasteiger partial charge in [-0.15, -0.1) is 0 Å². The summed E-state index contributed by atoms with van der Waals surface area (Å²) in [6.45, 7) is 4.87. The van der Waals surface area contributed by atoms with Crippen LogP contribution in [-0.2, 0) is 0 Å². The van der Waals surface area contributed by atoms with Gasteiger partial charge in [0.2, 0.25) is 0 Å². The molecule has 0 radical (unpaired) electrons. The molecule has 0 fully saturated rings. The Kier molecular flexibility index (Phi) is 4.65. The molecule has 106 valence electrons. The minimum Gasteiger partial charge on any atom is -0.494 e. The van der Waals surface area contributed by atoms with Gasteiger partial charge in [-0.25, -0.2) is 0 Å². The summed E-state index contributed by atoms with van der Waals surface area (Å²) in [5.74, 6) is 1.03. The van der Waals surface area contributed by atoms with Crippen molar-refractivity contribution in [1.29, 1.82) is 0 Å². The van der Waals surface area contributed by atoms with Gasteiger partial charge in [0.15, 0.2) is 0 Å². The molecule has 0 saturated carbocycles. The number of amides is 1. The van der Waals surface area contributed by atoms with Crippen LogP contribution >= 0.6 is 0 Å². The first-order valence-electron chi connectivity index (χ1n) is 6.47. The molecule has 1 amide bonds. The lowest BCUT2D eigenvalue weighted by Crippen LogP contribution is -2.12. The van der Waals surface area contributed by atoms with E-state index in [1.54, 1.807) is 18.2 Å². The van der Waals surface area contributed by atoms with Crippen molar-refractivity contribution in [2.45, 2.75) is 13.8 Å². The lowest BCUT2D eigenvalue weighted by molar-refractivity contribution is 0.102. The topological polar surface area (TPSA) is 60.7 Å². The minimum absolute atomic E-state index is 0.256. The molecule has 0 atom stereocenters. The zero-order valence-electron chi connectivity index (χ0n) is 11.5. The Morgan fingerprint density at radius 1 is 1.20 bits per heavy atom. The van der Waals surface area contributed by atoms with Crippen LogP contribution < -0.4 is 14.8 Å². The summed E-state index contributed by atoms with van der Waals surface area (Å²) in [4.78, 5) is 12.0. The van der Waals surface area contributed by atoms with Crippen LogP contribution in [0.3, 0.4) is 0 Å². The Balaban J connectivity index is 2.22. The second-order valence-electron chi connectivity index (χ2n) is 3.99. The number of carbonyl (C=O) groups is 1. The molecule has 0 aliphatic rings. The molecule has 1 N–H and O–H groups in total. The summed E-state index contributed by atoms with van der Waals surface area (Å²) in [5, 5.41) is 2.79. The predicted octanol–water partition coefficient (Wildman–Crippen LogP) is 3.33. The Hall–Kier alpha value is -2.43. The largest absolute Gasteiger partial charge is 0.494 e. The summed E-state index contributed by atoms with van der Waals surface area (Å²) in [5.41, 5.74) is 1.03. The lowest BCUT2D eigenvalue weighted by Gasteiger charge is -2.13. The van der Waals surface area contributed by atoms with Crippen molar-refractivity contribution in [2.75, 3.05) is 18.5 Å². The molecule has 1 heterocycles. The van der Waals surface area contributed by atoms with Gasteiger partial charge in [0.1, 0.15) is 17.8 Å². The number of rotatable bonds is 6. The van der Waals surface area contributed by atoms with Crippen molar-refractivity contribution >= 4 is 11.6 Å². The monoisotopic (exact) mass is 275 g/mol. The predicted molar refractivity (Wildman–Crippen MR) is 75.4 cm³/mol. The van der Waals surface area contributed by atoms with E-state index in [2.05, 4.69) is 5.32 Å². The molecule has 0 aliphatic carbocycles. The van der Waals surface area contributed by atoms with Crippen LogP contribution in [0.15, 0.2) is 41.2 Å². The molecule has 0 spiro atoms. The standard InChI is InChI=1S/C15H17NO4/c1-3-19-12-5-6-14(20-4-2)13(9-12)16-15(17)11-7-8-18-10-11/h5-10H,3-4H2,1-2H3,(H,16,17). The van der Waals surface area contributed by atoms with Crippen LogP contribution in [0.5, 0.6) is 11.5 Å². The fourth-order valence-corrected chi connectivity index (χ4v) is 1.73. The third-order valence-electron chi connectivity index (χ3n) is 2.59. The molecular weight excluding hydrogens is 258 g/mol. The quantitative estimate of drug-likeness (QED) is 0.878. The van der Waals surface area contributed by atoms with E-state index in [1.165, 1.54) is 12.5 Å². The van der Waals surface area contributed by atoms with E-state index < -0.39 is 0 Å². The normalized spacial score (nSPS) is 10.1. The van der Waals surface area contributed by atoms with Gasteiger partial charge in [0, 0.05) is 6.07 Å². The summed E-state index contributed by atoms with van der Waals surface area (Å²) >= 11 is 0. The SMILES string of the molecule is CCOc1ccc(OCC)c(NC(=O)c2ccoc2)c1. The van der Waals surface area contributed by atoms with Gasteiger partial charge >= 0.3 is 0 Å². The molecule has 2 aromatic rings. The fraction of sp³-hybridized carbons (Fsp3) is 0.267. The van der Waals surface area contributed by atoms with Gasteiger partial charge in [0.25, 0.3) is 5.91 Å². The fourth-order valence-electron chi connectivity index (χ4n) is 1.73. The first-order valence-corrected chi connectivity index (χ1v) is 6.47. The number of anilines is 1. The van der Waals surface area contributed by atoms with Gasteiger partial charge in [-0.3, -0.25) is 4.79 Å². The highest BCUT2D eigenvalue weighted by Crippen LogP contribution is 2.29. The molecule has 1 aromatic heterocycles. The highest BCUT2D eigenvalue weighted by molar-refractivity contribution is 6.04. The van der Waals surface area contributed by atoms with E-state index in [1.807, 2.05) is 19.9 Å². The van der Waals surface area contributed by atoms with E-state index in [0.717, 1.165) is 0 Å². The molecule has 0 saturated heterocycles. The van der Waals surface area contributed by atoms with Gasteiger partial charge in [-0.05, 0) is 32.0 Å². The van der Waals surface area contributed by atoms with E-state index in [4.69, 9.17) is 13.9 Å². The van der Waals surface area contributed by atoms with Crippen molar-refractivity contribution in [1.82, 2.24) is 0 Å². The Morgan fingerprint density at radius 3 is 2.65 bits per heavy atom. The molecular formula is C15H17NO4. The van der Waals surface area contributed by atoms with Crippen LogP contribution in [-0.4, -0.2) is 19.1 Å². The van der Waals surface area contributed by atoms with Gasteiger partial charge < -0.3 is 19.2 Å². The van der Waals surface area contributed by atoms with E-state index in [0.29, 0.717) is 36.0 Å². The number of hydrogen-bond acceptors (Lipinski definition) is 4. The highest BCUT2D eigenvalue weighted by Gasteiger charge is 2.12. The number of carbonyl (C=O) groups excluding carboxylic acids is 1. The molecule has 1 aromatic carbocycles. The first-order chi connectivity index (χ1) is 9.74. The molecule has 0 bridgehead atoms. The van der Waals surface area contributed by atoms with Crippen molar-refractivity contribution in [2.24, 2.45) is 0 Å². The second kappa shape index (κ2) is 6.65. The maximum Gasteiger partial charge on any atom is 0.259 e. The van der Waals surface area contributed by atoms with Crippen molar-refractivity contribution in [3.8, 4) is 11.5 Å². The van der Waals surface area contributed by atoms with E-state index in [-0.39, 0.29) is 5.91 Å². The first kappa shape index (κ1) is 14.0. The van der Waals surface area contributed by atoms with Crippen LogP contribution in [0.4, 0.5) is 5.69 Å². The smallest absolute Gasteiger partial charge is 0.259 e. The lowest BCUT2D eigenvalue weighted by atomic mass is 10.2. The zero-order valence-corrected chi connectivity index (χ0v) is 11.5. The summed E-state index contributed by atoms with van der Waals surface area (Å²) < 4.78 is 15.8. The molecule has 5 heteroatoms. The Bertz CT molecular complexity index is 563.